The van der Waals surface area contributed by atoms with E-state index in [0.717, 1.165) is 16.7 Å². The Bertz CT molecular complexity index is 878. The minimum Gasteiger partial charge on any atom is -0.508 e. The summed E-state index contributed by atoms with van der Waals surface area (Å²) in [7, 11) is 0. The number of aryl methyl sites for hydroxylation is 1. The molecule has 2 N–H and O–H groups in total. The highest BCUT2D eigenvalue weighted by molar-refractivity contribution is 7.71. The standard InChI is InChI=1S/C16H14N4OS/c1-11-4-2-3-5-14(11)15-18-19-16(22)20(15)17-10-12-6-8-13(21)9-7-12/h2-10,21H,1H3,(H,19,22). The molecule has 3 aromatic rings. The number of benzene rings is 2. The van der Waals surface area contributed by atoms with E-state index < -0.39 is 0 Å². The molecule has 0 saturated carbocycles. The fourth-order valence-corrected chi connectivity index (χ4v) is 2.26. The van der Waals surface area contributed by atoms with Crippen LogP contribution in [0.5, 0.6) is 5.75 Å². The Morgan fingerprint density at radius 1 is 1.18 bits per heavy atom. The van der Waals surface area contributed by atoms with Crippen molar-refractivity contribution >= 4 is 18.4 Å². The van der Waals surface area contributed by atoms with Crippen molar-refractivity contribution in [3.8, 4) is 17.1 Å². The lowest BCUT2D eigenvalue weighted by molar-refractivity contribution is 0.475. The van der Waals surface area contributed by atoms with E-state index in [1.54, 1.807) is 35.2 Å². The van der Waals surface area contributed by atoms with Crippen LogP contribution < -0.4 is 0 Å². The number of aromatic amines is 1. The molecule has 0 bridgehead atoms. The van der Waals surface area contributed by atoms with Crippen LogP contribution in [0.1, 0.15) is 11.1 Å². The zero-order valence-electron chi connectivity index (χ0n) is 11.9. The van der Waals surface area contributed by atoms with Gasteiger partial charge in [-0.25, -0.2) is 5.10 Å². The van der Waals surface area contributed by atoms with E-state index in [0.29, 0.717) is 10.6 Å². The molecule has 0 unspecified atom stereocenters. The number of phenolic OH excluding ortho intramolecular Hbond substituents is 1. The number of rotatable bonds is 3. The van der Waals surface area contributed by atoms with Gasteiger partial charge in [-0.2, -0.15) is 14.9 Å². The van der Waals surface area contributed by atoms with Gasteiger partial charge in [0.2, 0.25) is 4.77 Å². The second-order valence-electron chi connectivity index (χ2n) is 4.82. The summed E-state index contributed by atoms with van der Waals surface area (Å²) in [6.07, 6.45) is 1.67. The van der Waals surface area contributed by atoms with Crippen molar-refractivity contribution in [3.05, 3.63) is 64.4 Å². The molecule has 0 saturated heterocycles. The van der Waals surface area contributed by atoms with Crippen molar-refractivity contribution in [1.29, 1.82) is 0 Å². The van der Waals surface area contributed by atoms with E-state index in [2.05, 4.69) is 15.3 Å². The number of aromatic nitrogens is 3. The van der Waals surface area contributed by atoms with Crippen molar-refractivity contribution < 1.29 is 5.11 Å². The van der Waals surface area contributed by atoms with Gasteiger partial charge in [0.25, 0.3) is 0 Å². The lowest BCUT2D eigenvalue weighted by atomic mass is 10.1. The van der Waals surface area contributed by atoms with Gasteiger partial charge in [0.05, 0.1) is 6.21 Å². The fraction of sp³-hybridized carbons (Fsp3) is 0.0625. The summed E-state index contributed by atoms with van der Waals surface area (Å²) in [6.45, 7) is 2.01. The second-order valence-corrected chi connectivity index (χ2v) is 5.20. The Labute approximate surface area is 132 Å². The Hall–Kier alpha value is -2.73. The molecule has 1 heterocycles. The van der Waals surface area contributed by atoms with Crippen LogP contribution in [0.25, 0.3) is 11.4 Å². The number of nitrogens with zero attached hydrogens (tertiary/aromatic N) is 3. The molecule has 6 heteroatoms. The second kappa shape index (κ2) is 5.95. The molecular weight excluding hydrogens is 296 g/mol. The zero-order chi connectivity index (χ0) is 15.5. The molecule has 110 valence electrons. The summed E-state index contributed by atoms with van der Waals surface area (Å²) >= 11 is 5.24. The molecule has 0 amide bonds. The summed E-state index contributed by atoms with van der Waals surface area (Å²) in [6, 6.07) is 14.7. The minimum absolute atomic E-state index is 0.220. The van der Waals surface area contributed by atoms with Crippen LogP contribution in [0.3, 0.4) is 0 Å². The maximum Gasteiger partial charge on any atom is 0.216 e. The Morgan fingerprint density at radius 2 is 1.91 bits per heavy atom. The first kappa shape index (κ1) is 14.2. The van der Waals surface area contributed by atoms with Crippen molar-refractivity contribution in [2.75, 3.05) is 0 Å². The van der Waals surface area contributed by atoms with E-state index in [-0.39, 0.29) is 5.75 Å². The average Bonchev–Trinajstić information content (AvgIpc) is 2.88. The monoisotopic (exact) mass is 310 g/mol. The third-order valence-corrected chi connectivity index (χ3v) is 3.52. The third kappa shape index (κ3) is 2.82. The van der Waals surface area contributed by atoms with Gasteiger partial charge in [0.1, 0.15) is 5.75 Å². The molecule has 0 aliphatic rings. The lowest BCUT2D eigenvalue weighted by Gasteiger charge is -2.04. The van der Waals surface area contributed by atoms with Crippen LogP contribution in [0.2, 0.25) is 0 Å². The normalized spacial score (nSPS) is 11.1. The number of hydrogen-bond donors (Lipinski definition) is 2. The average molecular weight is 310 g/mol. The molecule has 0 fully saturated rings. The van der Waals surface area contributed by atoms with Gasteiger partial charge in [0, 0.05) is 5.56 Å². The van der Waals surface area contributed by atoms with Gasteiger partial charge >= 0.3 is 0 Å². The molecular formula is C16H14N4OS. The first-order chi connectivity index (χ1) is 10.6. The number of hydrogen-bond acceptors (Lipinski definition) is 4. The summed E-state index contributed by atoms with van der Waals surface area (Å²) in [4.78, 5) is 0. The van der Waals surface area contributed by atoms with Gasteiger partial charge in [-0.15, -0.1) is 0 Å². The highest BCUT2D eigenvalue weighted by Gasteiger charge is 2.09. The third-order valence-electron chi connectivity index (χ3n) is 3.25. The summed E-state index contributed by atoms with van der Waals surface area (Å²) in [5.41, 5.74) is 2.92. The SMILES string of the molecule is Cc1ccccc1-c1n[nH]c(=S)n1N=Cc1ccc(O)cc1. The van der Waals surface area contributed by atoms with Gasteiger partial charge < -0.3 is 5.11 Å². The van der Waals surface area contributed by atoms with E-state index >= 15 is 0 Å². The molecule has 3 rings (SSSR count). The molecule has 0 aliphatic carbocycles. The predicted octanol–water partition coefficient (Wildman–Crippen LogP) is 3.50. The Morgan fingerprint density at radius 3 is 2.64 bits per heavy atom. The molecule has 5 nitrogen and oxygen atoms in total. The fourth-order valence-electron chi connectivity index (χ4n) is 2.08. The van der Waals surface area contributed by atoms with E-state index in [9.17, 15) is 5.11 Å². The largest absolute Gasteiger partial charge is 0.508 e. The van der Waals surface area contributed by atoms with Crippen molar-refractivity contribution in [1.82, 2.24) is 14.9 Å². The van der Waals surface area contributed by atoms with Gasteiger partial charge in [-0.05, 0) is 54.5 Å². The molecule has 22 heavy (non-hydrogen) atoms. The topological polar surface area (TPSA) is 66.2 Å². The number of H-pyrrole nitrogens is 1. The molecule has 0 spiro atoms. The van der Waals surface area contributed by atoms with Crippen molar-refractivity contribution in [2.24, 2.45) is 5.10 Å². The highest BCUT2D eigenvalue weighted by atomic mass is 32.1. The lowest BCUT2D eigenvalue weighted by Crippen LogP contribution is -1.96. The van der Waals surface area contributed by atoms with Crippen LogP contribution in [-0.2, 0) is 0 Å². The summed E-state index contributed by atoms with van der Waals surface area (Å²) in [5, 5.41) is 20.7. The highest BCUT2D eigenvalue weighted by Crippen LogP contribution is 2.21. The molecule has 1 aromatic heterocycles. The Balaban J connectivity index is 2.02. The summed E-state index contributed by atoms with van der Waals surface area (Å²) < 4.78 is 2.01. The van der Waals surface area contributed by atoms with Gasteiger partial charge in [-0.1, -0.05) is 24.3 Å². The zero-order valence-corrected chi connectivity index (χ0v) is 12.7. The van der Waals surface area contributed by atoms with Crippen LogP contribution in [0, 0.1) is 11.7 Å². The van der Waals surface area contributed by atoms with Crippen LogP contribution in [-0.4, -0.2) is 26.2 Å². The first-order valence-electron chi connectivity index (χ1n) is 6.72. The summed E-state index contributed by atoms with van der Waals surface area (Å²) in [5.74, 6) is 0.885. The van der Waals surface area contributed by atoms with Gasteiger partial charge in [-0.3, -0.25) is 0 Å². The molecule has 0 atom stereocenters. The number of phenols is 1. The number of aromatic hydroxyl groups is 1. The quantitative estimate of drug-likeness (QED) is 0.575. The van der Waals surface area contributed by atoms with Crippen molar-refractivity contribution in [2.45, 2.75) is 6.92 Å². The van der Waals surface area contributed by atoms with Crippen LogP contribution in [0.15, 0.2) is 53.6 Å². The first-order valence-corrected chi connectivity index (χ1v) is 7.13. The minimum atomic E-state index is 0.220. The Kier molecular flexibility index (Phi) is 3.84. The predicted molar refractivity (Wildman–Crippen MR) is 88.7 cm³/mol. The molecule has 0 aliphatic heterocycles. The van der Waals surface area contributed by atoms with Crippen LogP contribution in [0.4, 0.5) is 0 Å². The smallest absolute Gasteiger partial charge is 0.216 e. The van der Waals surface area contributed by atoms with Crippen LogP contribution >= 0.6 is 12.2 Å². The van der Waals surface area contributed by atoms with Gasteiger partial charge in [0.15, 0.2) is 5.82 Å². The van der Waals surface area contributed by atoms with E-state index in [1.165, 1.54) is 0 Å². The van der Waals surface area contributed by atoms with E-state index in [4.69, 9.17) is 12.2 Å². The van der Waals surface area contributed by atoms with Crippen molar-refractivity contribution in [3.63, 3.8) is 0 Å². The van der Waals surface area contributed by atoms with E-state index in [1.807, 2.05) is 31.2 Å². The maximum absolute atomic E-state index is 9.29. The molecule has 0 radical (unpaired) electrons. The maximum atomic E-state index is 9.29. The molecule has 2 aromatic carbocycles. The number of nitrogens with one attached hydrogen (secondary N) is 1.